The van der Waals surface area contributed by atoms with Crippen LogP contribution in [0.25, 0.3) is 0 Å². The molecule has 0 aromatic heterocycles. The fraction of sp³-hybridized carbons (Fsp3) is 0.500. The van der Waals surface area contributed by atoms with Crippen LogP contribution in [0.5, 0.6) is 0 Å². The van der Waals surface area contributed by atoms with Crippen LogP contribution in [0.3, 0.4) is 0 Å². The van der Waals surface area contributed by atoms with Crippen LogP contribution >= 0.6 is 15.9 Å². The molecular weight excluding hydrogens is 348 g/mol. The second-order valence-corrected chi connectivity index (χ2v) is 6.50. The van der Waals surface area contributed by atoms with Crippen LogP contribution in [-0.4, -0.2) is 32.1 Å². The van der Waals surface area contributed by atoms with Crippen LogP contribution in [0, 0.1) is 12.3 Å². The van der Waals surface area contributed by atoms with Crippen LogP contribution in [-0.2, 0) is 14.3 Å². The van der Waals surface area contributed by atoms with Crippen molar-refractivity contribution in [1.29, 1.82) is 0 Å². The first kappa shape index (κ1) is 18.6. The molecule has 1 aromatic rings. The van der Waals surface area contributed by atoms with Gasteiger partial charge in [-0.1, -0.05) is 22.0 Å². The molecule has 22 heavy (non-hydrogen) atoms. The molecule has 1 aromatic carbocycles. The Bertz CT molecular complexity index is 544. The van der Waals surface area contributed by atoms with Gasteiger partial charge in [0, 0.05) is 30.4 Å². The van der Waals surface area contributed by atoms with E-state index in [0.717, 1.165) is 10.0 Å². The minimum Gasteiger partial charge on any atom is -0.385 e. The van der Waals surface area contributed by atoms with E-state index in [1.54, 1.807) is 21.0 Å². The monoisotopic (exact) mass is 370 g/mol. The summed E-state index contributed by atoms with van der Waals surface area (Å²) in [5.74, 6) is -0.639. The van der Waals surface area contributed by atoms with Crippen molar-refractivity contribution in [2.75, 3.05) is 25.6 Å². The van der Waals surface area contributed by atoms with Gasteiger partial charge >= 0.3 is 0 Å². The lowest BCUT2D eigenvalue weighted by molar-refractivity contribution is -0.138. The number of carbonyl (C=O) groups excluding carboxylic acids is 2. The SMILES string of the molecule is COCCCNC(=O)C(C)(C)C(=O)Nc1ccc(C)c(Br)c1. The Morgan fingerprint density at radius 1 is 1.27 bits per heavy atom. The molecule has 0 bridgehead atoms. The number of methoxy groups -OCH3 is 1. The van der Waals surface area contributed by atoms with E-state index >= 15 is 0 Å². The number of ether oxygens (including phenoxy) is 1. The molecule has 0 heterocycles. The van der Waals surface area contributed by atoms with Crippen molar-refractivity contribution in [2.24, 2.45) is 5.41 Å². The highest BCUT2D eigenvalue weighted by Gasteiger charge is 2.35. The van der Waals surface area contributed by atoms with E-state index in [1.807, 2.05) is 25.1 Å². The minimum atomic E-state index is -1.15. The number of carbonyl (C=O) groups is 2. The third-order valence-electron chi connectivity index (χ3n) is 3.38. The van der Waals surface area contributed by atoms with E-state index in [0.29, 0.717) is 25.3 Å². The highest BCUT2D eigenvalue weighted by atomic mass is 79.9. The van der Waals surface area contributed by atoms with Gasteiger partial charge in [-0.05, 0) is 44.9 Å². The van der Waals surface area contributed by atoms with Crippen LogP contribution in [0.15, 0.2) is 22.7 Å². The van der Waals surface area contributed by atoms with Gasteiger partial charge in [-0.3, -0.25) is 9.59 Å². The molecule has 6 heteroatoms. The summed E-state index contributed by atoms with van der Waals surface area (Å²) in [6.07, 6.45) is 0.713. The Morgan fingerprint density at radius 3 is 2.55 bits per heavy atom. The molecule has 0 aliphatic heterocycles. The Kier molecular flexibility index (Phi) is 7.03. The number of anilines is 1. The molecule has 2 amide bonds. The number of hydrogen-bond acceptors (Lipinski definition) is 3. The minimum absolute atomic E-state index is 0.299. The second-order valence-electron chi connectivity index (χ2n) is 5.65. The first-order valence-electron chi connectivity index (χ1n) is 7.14. The van der Waals surface area contributed by atoms with Crippen molar-refractivity contribution in [1.82, 2.24) is 5.32 Å². The average molecular weight is 371 g/mol. The fourth-order valence-electron chi connectivity index (χ4n) is 1.70. The van der Waals surface area contributed by atoms with E-state index in [1.165, 1.54) is 0 Å². The maximum absolute atomic E-state index is 12.3. The maximum atomic E-state index is 12.3. The Morgan fingerprint density at radius 2 is 1.95 bits per heavy atom. The van der Waals surface area contributed by atoms with Crippen molar-refractivity contribution >= 4 is 33.4 Å². The Hall–Kier alpha value is -1.40. The summed E-state index contributed by atoms with van der Waals surface area (Å²) in [6, 6.07) is 5.53. The predicted octanol–water partition coefficient (Wildman–Crippen LogP) is 2.87. The highest BCUT2D eigenvalue weighted by Crippen LogP contribution is 2.23. The third-order valence-corrected chi connectivity index (χ3v) is 4.23. The zero-order chi connectivity index (χ0) is 16.8. The van der Waals surface area contributed by atoms with E-state index in [-0.39, 0.29) is 11.8 Å². The molecule has 2 N–H and O–H groups in total. The Labute approximate surface area is 139 Å². The first-order valence-corrected chi connectivity index (χ1v) is 7.93. The van der Waals surface area contributed by atoms with E-state index < -0.39 is 5.41 Å². The quantitative estimate of drug-likeness (QED) is 0.572. The molecule has 0 aliphatic carbocycles. The number of hydrogen-bond donors (Lipinski definition) is 2. The molecule has 122 valence electrons. The third kappa shape index (κ3) is 5.10. The van der Waals surface area contributed by atoms with Crippen LogP contribution in [0.1, 0.15) is 25.8 Å². The van der Waals surface area contributed by atoms with Crippen molar-refractivity contribution in [3.05, 3.63) is 28.2 Å². The number of halogens is 1. The number of aryl methyl sites for hydroxylation is 1. The summed E-state index contributed by atoms with van der Waals surface area (Å²) in [4.78, 5) is 24.5. The largest absolute Gasteiger partial charge is 0.385 e. The zero-order valence-electron chi connectivity index (χ0n) is 13.5. The fourth-order valence-corrected chi connectivity index (χ4v) is 2.08. The lowest BCUT2D eigenvalue weighted by Crippen LogP contribution is -2.45. The number of benzene rings is 1. The van der Waals surface area contributed by atoms with Gasteiger partial charge in [-0.2, -0.15) is 0 Å². The van der Waals surface area contributed by atoms with E-state index in [2.05, 4.69) is 26.6 Å². The molecule has 0 fully saturated rings. The summed E-state index contributed by atoms with van der Waals surface area (Å²) >= 11 is 3.42. The molecule has 0 aliphatic rings. The van der Waals surface area contributed by atoms with Crippen molar-refractivity contribution in [2.45, 2.75) is 27.2 Å². The van der Waals surface area contributed by atoms with Crippen LogP contribution in [0.2, 0.25) is 0 Å². The van der Waals surface area contributed by atoms with Gasteiger partial charge in [-0.25, -0.2) is 0 Å². The van der Waals surface area contributed by atoms with E-state index in [4.69, 9.17) is 4.74 Å². The van der Waals surface area contributed by atoms with Crippen molar-refractivity contribution < 1.29 is 14.3 Å². The molecule has 0 saturated heterocycles. The molecule has 0 atom stereocenters. The highest BCUT2D eigenvalue weighted by molar-refractivity contribution is 9.10. The number of rotatable bonds is 7. The number of nitrogens with one attached hydrogen (secondary N) is 2. The molecule has 0 radical (unpaired) electrons. The standard InChI is InChI=1S/C16H23BrN2O3/c1-11-6-7-12(10-13(11)17)19-15(21)16(2,3)14(20)18-8-5-9-22-4/h6-7,10H,5,8-9H2,1-4H3,(H,18,20)(H,19,21). The summed E-state index contributed by atoms with van der Waals surface area (Å²) in [6.45, 7) is 6.24. The Balaban J connectivity index is 2.64. The lowest BCUT2D eigenvalue weighted by atomic mass is 9.91. The van der Waals surface area contributed by atoms with Gasteiger partial charge in [0.05, 0.1) is 0 Å². The molecule has 0 unspecified atom stereocenters. The van der Waals surface area contributed by atoms with Crippen molar-refractivity contribution in [3.63, 3.8) is 0 Å². The van der Waals surface area contributed by atoms with Gasteiger partial charge in [0.2, 0.25) is 11.8 Å². The molecular formula is C16H23BrN2O3. The number of amides is 2. The molecule has 0 spiro atoms. The average Bonchev–Trinajstić information content (AvgIpc) is 2.47. The lowest BCUT2D eigenvalue weighted by Gasteiger charge is -2.23. The zero-order valence-corrected chi connectivity index (χ0v) is 15.0. The molecule has 0 saturated carbocycles. The van der Waals surface area contributed by atoms with Crippen molar-refractivity contribution in [3.8, 4) is 0 Å². The van der Waals surface area contributed by atoms with Gasteiger partial charge in [0.25, 0.3) is 0 Å². The topological polar surface area (TPSA) is 67.4 Å². The summed E-state index contributed by atoms with van der Waals surface area (Å²) in [5.41, 5.74) is 0.584. The summed E-state index contributed by atoms with van der Waals surface area (Å²) < 4.78 is 5.83. The summed E-state index contributed by atoms with van der Waals surface area (Å²) in [7, 11) is 1.61. The van der Waals surface area contributed by atoms with Gasteiger partial charge in [0.15, 0.2) is 0 Å². The maximum Gasteiger partial charge on any atom is 0.239 e. The van der Waals surface area contributed by atoms with Gasteiger partial charge in [0.1, 0.15) is 5.41 Å². The van der Waals surface area contributed by atoms with Crippen LogP contribution in [0.4, 0.5) is 5.69 Å². The normalized spacial score (nSPS) is 11.1. The smallest absolute Gasteiger partial charge is 0.239 e. The predicted molar refractivity (Wildman–Crippen MR) is 90.8 cm³/mol. The first-order chi connectivity index (χ1) is 10.3. The van der Waals surface area contributed by atoms with Crippen LogP contribution < -0.4 is 10.6 Å². The summed E-state index contributed by atoms with van der Waals surface area (Å²) in [5, 5.41) is 5.53. The van der Waals surface area contributed by atoms with Gasteiger partial charge < -0.3 is 15.4 Å². The van der Waals surface area contributed by atoms with Gasteiger partial charge in [-0.15, -0.1) is 0 Å². The molecule has 1 rings (SSSR count). The second kappa shape index (κ2) is 8.29. The van der Waals surface area contributed by atoms with E-state index in [9.17, 15) is 9.59 Å². The molecule has 5 nitrogen and oxygen atoms in total.